The Hall–Kier alpha value is -2.58. The number of halogens is 1. The molecule has 6 aromatic rings. The van der Waals surface area contributed by atoms with Crippen LogP contribution >= 0.6 is 15.9 Å². The molecule has 0 saturated heterocycles. The molecule has 0 aliphatic heterocycles. The molecule has 112 valence electrons. The van der Waals surface area contributed by atoms with Gasteiger partial charge in [0.1, 0.15) is 0 Å². The summed E-state index contributed by atoms with van der Waals surface area (Å²) in [6.45, 7) is 0. The van der Waals surface area contributed by atoms with Crippen molar-refractivity contribution in [2.75, 3.05) is 0 Å². The highest BCUT2D eigenvalue weighted by molar-refractivity contribution is 9.10. The van der Waals surface area contributed by atoms with Gasteiger partial charge in [0.2, 0.25) is 0 Å². The summed E-state index contributed by atoms with van der Waals surface area (Å²) in [5.41, 5.74) is 2.43. The topological polar surface area (TPSA) is 15.8 Å². The molecule has 0 atom stereocenters. The second-order valence-electron chi connectivity index (χ2n) is 6.44. The molecule has 0 fully saturated rings. The molecule has 24 heavy (non-hydrogen) atoms. The van der Waals surface area contributed by atoms with E-state index in [0.717, 1.165) is 4.47 Å². The lowest BCUT2D eigenvalue weighted by Gasteiger charge is -2.12. The molecule has 1 N–H and O–H groups in total. The molecule has 1 nitrogen and oxygen atoms in total. The number of fused-ring (bicyclic) bond motifs is 4. The van der Waals surface area contributed by atoms with Gasteiger partial charge in [-0.05, 0) is 45.1 Å². The Bertz CT molecular complexity index is 1410. The maximum Gasteiger partial charge on any atom is 0.0545 e. The summed E-state index contributed by atoms with van der Waals surface area (Å²) in [7, 11) is 0. The number of aromatic amines is 1. The van der Waals surface area contributed by atoms with Crippen molar-refractivity contribution < 1.29 is 0 Å². The van der Waals surface area contributed by atoms with Crippen LogP contribution in [-0.2, 0) is 0 Å². The van der Waals surface area contributed by atoms with Gasteiger partial charge >= 0.3 is 0 Å². The summed E-state index contributed by atoms with van der Waals surface area (Å²) in [5, 5.41) is 10.5. The Morgan fingerprint density at radius 1 is 0.625 bits per heavy atom. The Labute approximate surface area is 146 Å². The van der Waals surface area contributed by atoms with Crippen molar-refractivity contribution >= 4 is 70.1 Å². The van der Waals surface area contributed by atoms with Crippen molar-refractivity contribution in [1.29, 1.82) is 0 Å². The number of hydrogen-bond acceptors (Lipinski definition) is 0. The van der Waals surface area contributed by atoms with Crippen LogP contribution < -0.4 is 0 Å². The number of rotatable bonds is 0. The van der Waals surface area contributed by atoms with Gasteiger partial charge in [0.15, 0.2) is 0 Å². The van der Waals surface area contributed by atoms with Gasteiger partial charge in [-0.3, -0.25) is 0 Å². The lowest BCUT2D eigenvalue weighted by Crippen LogP contribution is -1.85. The summed E-state index contributed by atoms with van der Waals surface area (Å²) in [5.74, 6) is 0. The van der Waals surface area contributed by atoms with Crippen molar-refractivity contribution in [1.82, 2.24) is 4.98 Å². The molecule has 5 aromatic carbocycles. The van der Waals surface area contributed by atoms with E-state index in [4.69, 9.17) is 0 Å². The van der Waals surface area contributed by atoms with E-state index in [2.05, 4.69) is 87.6 Å². The second kappa shape index (κ2) is 4.28. The van der Waals surface area contributed by atoms with E-state index in [1.807, 2.05) is 0 Å². The zero-order valence-electron chi connectivity index (χ0n) is 12.7. The second-order valence-corrected chi connectivity index (χ2v) is 7.29. The quantitative estimate of drug-likeness (QED) is 0.278. The number of hydrogen-bond donors (Lipinski definition) is 1. The molecule has 0 bridgehead atoms. The molecule has 0 unspecified atom stereocenters. The average Bonchev–Trinajstić information content (AvgIpc) is 2.99. The van der Waals surface area contributed by atoms with Gasteiger partial charge in [0.25, 0.3) is 0 Å². The fourth-order valence-corrected chi connectivity index (χ4v) is 4.61. The van der Waals surface area contributed by atoms with E-state index >= 15 is 0 Å². The maximum atomic E-state index is 3.71. The van der Waals surface area contributed by atoms with Gasteiger partial charge in [-0.25, -0.2) is 0 Å². The molecule has 0 amide bonds. The van der Waals surface area contributed by atoms with Crippen molar-refractivity contribution in [3.63, 3.8) is 0 Å². The monoisotopic (exact) mass is 369 g/mol. The predicted molar refractivity (Wildman–Crippen MR) is 107 cm³/mol. The van der Waals surface area contributed by atoms with Crippen LogP contribution in [0.5, 0.6) is 0 Å². The zero-order chi connectivity index (χ0) is 15.8. The minimum atomic E-state index is 1.15. The fourth-order valence-electron chi connectivity index (χ4n) is 4.15. The summed E-state index contributed by atoms with van der Waals surface area (Å²) >= 11 is 3.71. The first-order valence-electron chi connectivity index (χ1n) is 8.08. The van der Waals surface area contributed by atoms with E-state index in [-0.39, 0.29) is 0 Å². The molecule has 1 aromatic heterocycles. The standard InChI is InChI=1S/C22H12BrN/c23-18-10-7-12-5-9-16-21-13(6-8-15(18)20(12)21)11-17-14-3-1-2-4-19(14)24-22(16)17/h1-11,24H. The number of H-pyrrole nitrogens is 1. The summed E-state index contributed by atoms with van der Waals surface area (Å²) < 4.78 is 1.15. The van der Waals surface area contributed by atoms with Crippen LogP contribution in [0.2, 0.25) is 0 Å². The molecule has 0 aliphatic rings. The third kappa shape index (κ3) is 1.45. The minimum absolute atomic E-state index is 1.15. The third-order valence-corrected chi connectivity index (χ3v) is 5.90. The number of aromatic nitrogens is 1. The van der Waals surface area contributed by atoms with Gasteiger partial charge in [-0.2, -0.15) is 0 Å². The van der Waals surface area contributed by atoms with Crippen molar-refractivity contribution in [3.05, 3.63) is 71.2 Å². The van der Waals surface area contributed by atoms with Crippen LogP contribution in [0, 0.1) is 0 Å². The van der Waals surface area contributed by atoms with E-state index < -0.39 is 0 Å². The van der Waals surface area contributed by atoms with E-state index in [1.54, 1.807) is 0 Å². The van der Waals surface area contributed by atoms with Gasteiger partial charge in [0, 0.05) is 26.1 Å². The highest BCUT2D eigenvalue weighted by Gasteiger charge is 2.14. The SMILES string of the molecule is Brc1ccc2ccc3c4[nH]c5ccccc5c4cc4ccc1c2c43. The van der Waals surface area contributed by atoms with E-state index in [1.165, 1.54) is 54.1 Å². The molecular formula is C22H12BrN. The Morgan fingerprint density at radius 2 is 1.38 bits per heavy atom. The molecular weight excluding hydrogens is 358 g/mol. The molecule has 0 aliphatic carbocycles. The molecule has 0 radical (unpaired) electrons. The van der Waals surface area contributed by atoms with Crippen LogP contribution in [0.3, 0.4) is 0 Å². The molecule has 0 saturated carbocycles. The summed E-state index contributed by atoms with van der Waals surface area (Å²) in [6.07, 6.45) is 0. The Morgan fingerprint density at radius 3 is 2.33 bits per heavy atom. The summed E-state index contributed by atoms with van der Waals surface area (Å²) in [4.78, 5) is 3.64. The van der Waals surface area contributed by atoms with Crippen LogP contribution in [0.15, 0.2) is 71.2 Å². The lowest BCUT2D eigenvalue weighted by molar-refractivity contribution is 1.57. The largest absolute Gasteiger partial charge is 0.354 e. The molecule has 1 heterocycles. The van der Waals surface area contributed by atoms with Crippen molar-refractivity contribution in [3.8, 4) is 0 Å². The van der Waals surface area contributed by atoms with E-state index in [0.29, 0.717) is 0 Å². The van der Waals surface area contributed by atoms with Gasteiger partial charge in [-0.15, -0.1) is 0 Å². The number of benzene rings is 5. The smallest absolute Gasteiger partial charge is 0.0545 e. The lowest BCUT2D eigenvalue weighted by atomic mass is 9.93. The van der Waals surface area contributed by atoms with Crippen molar-refractivity contribution in [2.45, 2.75) is 0 Å². The van der Waals surface area contributed by atoms with Crippen LogP contribution in [-0.4, -0.2) is 4.98 Å². The predicted octanol–water partition coefficient (Wildman–Crippen LogP) is 6.98. The highest BCUT2D eigenvalue weighted by Crippen LogP contribution is 2.41. The fraction of sp³-hybridized carbons (Fsp3) is 0. The first-order chi connectivity index (χ1) is 11.8. The van der Waals surface area contributed by atoms with Crippen molar-refractivity contribution in [2.24, 2.45) is 0 Å². The van der Waals surface area contributed by atoms with Gasteiger partial charge in [-0.1, -0.05) is 64.5 Å². The van der Waals surface area contributed by atoms with Crippen LogP contribution in [0.25, 0.3) is 54.1 Å². The number of nitrogens with one attached hydrogen (secondary N) is 1. The first-order valence-corrected chi connectivity index (χ1v) is 8.87. The average molecular weight is 370 g/mol. The van der Waals surface area contributed by atoms with E-state index in [9.17, 15) is 0 Å². The Kier molecular flexibility index (Phi) is 2.28. The molecule has 0 spiro atoms. The van der Waals surface area contributed by atoms with Crippen LogP contribution in [0.1, 0.15) is 0 Å². The zero-order valence-corrected chi connectivity index (χ0v) is 14.3. The van der Waals surface area contributed by atoms with Gasteiger partial charge in [0.05, 0.1) is 5.52 Å². The number of para-hydroxylation sites is 1. The Balaban J connectivity index is 2.00. The molecule has 6 rings (SSSR count). The third-order valence-electron chi connectivity index (χ3n) is 5.21. The first kappa shape index (κ1) is 12.8. The minimum Gasteiger partial charge on any atom is -0.354 e. The summed E-state index contributed by atoms with van der Waals surface area (Å²) in [6, 6.07) is 24.2. The maximum absolute atomic E-state index is 3.71. The van der Waals surface area contributed by atoms with Gasteiger partial charge < -0.3 is 4.98 Å². The normalized spacial score (nSPS) is 12.4. The highest BCUT2D eigenvalue weighted by atomic mass is 79.9. The molecule has 2 heteroatoms. The van der Waals surface area contributed by atoms with Crippen LogP contribution in [0.4, 0.5) is 0 Å².